The van der Waals surface area contributed by atoms with Crippen LogP contribution in [0.5, 0.6) is 0 Å². The Morgan fingerprint density at radius 2 is 1.70 bits per heavy atom. The Kier molecular flexibility index (Phi) is 7.03. The molecule has 1 atom stereocenters. The number of carbonyl (C=O) groups excluding carboxylic acids is 1. The van der Waals surface area contributed by atoms with Crippen molar-refractivity contribution in [3.63, 3.8) is 0 Å². The Balaban J connectivity index is 1.61. The number of carbonyl (C=O) groups is 1. The highest BCUT2D eigenvalue weighted by molar-refractivity contribution is 5.88. The topological polar surface area (TPSA) is 61.4 Å². The van der Waals surface area contributed by atoms with Gasteiger partial charge in [0.1, 0.15) is 11.6 Å². The summed E-state index contributed by atoms with van der Waals surface area (Å²) in [6.07, 6.45) is 7.49. The van der Waals surface area contributed by atoms with Crippen LogP contribution in [-0.4, -0.2) is 48.5 Å². The van der Waals surface area contributed by atoms with Gasteiger partial charge >= 0.3 is 0 Å². The van der Waals surface area contributed by atoms with E-state index >= 15 is 0 Å². The molecule has 0 unspecified atom stereocenters. The number of nitrogens with one attached hydrogen (secondary N) is 1. The van der Waals surface area contributed by atoms with Gasteiger partial charge in [-0.15, -0.1) is 0 Å². The first-order valence-corrected chi connectivity index (χ1v) is 12.4. The largest absolute Gasteiger partial charge is 0.363 e. The zero-order valence-corrected chi connectivity index (χ0v) is 20.9. The highest BCUT2D eigenvalue weighted by atomic mass is 16.2. The first-order chi connectivity index (χ1) is 15.8. The van der Waals surface area contributed by atoms with E-state index in [0.29, 0.717) is 6.54 Å². The van der Waals surface area contributed by atoms with Gasteiger partial charge in [0.25, 0.3) is 0 Å². The van der Waals surface area contributed by atoms with Crippen molar-refractivity contribution in [3.8, 4) is 0 Å². The highest BCUT2D eigenvalue weighted by Crippen LogP contribution is 2.43. The fourth-order valence-electron chi connectivity index (χ4n) is 5.58. The van der Waals surface area contributed by atoms with Gasteiger partial charge in [-0.25, -0.2) is 9.97 Å². The molecule has 4 rings (SSSR count). The maximum Gasteiger partial charge on any atom is 0.233 e. The number of aryl methyl sites for hydroxylation is 2. The predicted molar refractivity (Wildman–Crippen MR) is 133 cm³/mol. The van der Waals surface area contributed by atoms with Gasteiger partial charge in [-0.2, -0.15) is 0 Å². The average molecular weight is 450 g/mol. The fourth-order valence-corrected chi connectivity index (χ4v) is 5.58. The van der Waals surface area contributed by atoms with Crippen LogP contribution in [0, 0.1) is 13.8 Å². The van der Waals surface area contributed by atoms with Crippen molar-refractivity contribution in [2.24, 2.45) is 0 Å². The Labute approximate surface area is 198 Å². The van der Waals surface area contributed by atoms with Gasteiger partial charge in [-0.1, -0.05) is 48.6 Å². The molecule has 1 aromatic heterocycles. The van der Waals surface area contributed by atoms with Crippen LogP contribution in [0.15, 0.2) is 24.3 Å². The minimum absolute atomic E-state index is 0.190. The molecule has 0 bridgehead atoms. The standard InChI is InChI=1S/C27H39N5O/c1-19-14-20(2)16-21(15-19)27(11-7-8-12-27)26(33)32(5)18-22-17-24(31(3)4)30-25(29-22)23-10-6-9-13-28-23/h14-17,23,28H,6-13,18H2,1-5H3/t23-/m0/s1. The van der Waals surface area contributed by atoms with Crippen LogP contribution in [0.2, 0.25) is 0 Å². The van der Waals surface area contributed by atoms with Crippen molar-refractivity contribution < 1.29 is 4.79 Å². The summed E-state index contributed by atoms with van der Waals surface area (Å²) in [5.41, 5.74) is 4.11. The first kappa shape index (κ1) is 23.7. The Bertz CT molecular complexity index is 970. The lowest BCUT2D eigenvalue weighted by molar-refractivity contribution is -0.136. The quantitative estimate of drug-likeness (QED) is 0.706. The van der Waals surface area contributed by atoms with E-state index in [1.54, 1.807) is 0 Å². The van der Waals surface area contributed by atoms with Crippen molar-refractivity contribution >= 4 is 11.7 Å². The summed E-state index contributed by atoms with van der Waals surface area (Å²) in [6.45, 7) is 5.75. The summed E-state index contributed by atoms with van der Waals surface area (Å²) in [5.74, 6) is 1.96. The lowest BCUT2D eigenvalue weighted by Crippen LogP contribution is -2.43. The van der Waals surface area contributed by atoms with Gasteiger partial charge in [0.05, 0.1) is 23.7 Å². The van der Waals surface area contributed by atoms with E-state index in [4.69, 9.17) is 9.97 Å². The molecular weight excluding hydrogens is 410 g/mol. The molecule has 1 amide bonds. The van der Waals surface area contributed by atoms with Gasteiger partial charge in [0.2, 0.25) is 5.91 Å². The summed E-state index contributed by atoms with van der Waals surface area (Å²) in [7, 11) is 5.94. The number of aromatic nitrogens is 2. The Morgan fingerprint density at radius 3 is 2.30 bits per heavy atom. The van der Waals surface area contributed by atoms with Crippen molar-refractivity contribution in [3.05, 3.63) is 52.5 Å². The molecule has 178 valence electrons. The molecule has 1 saturated heterocycles. The van der Waals surface area contributed by atoms with E-state index in [9.17, 15) is 4.79 Å². The second kappa shape index (κ2) is 9.80. The van der Waals surface area contributed by atoms with Gasteiger partial charge in [-0.05, 0) is 51.6 Å². The number of likely N-dealkylation sites (N-methyl/N-ethyl adjacent to an activating group) is 1. The third-order valence-electron chi connectivity index (χ3n) is 7.25. The molecule has 2 aliphatic rings. The lowest BCUT2D eigenvalue weighted by atomic mass is 9.76. The number of hydrogen-bond donors (Lipinski definition) is 1. The van der Waals surface area contributed by atoms with Gasteiger partial charge in [0.15, 0.2) is 0 Å². The SMILES string of the molecule is Cc1cc(C)cc(C2(C(=O)N(C)Cc3cc(N(C)C)nc([C@@H]4CCCCN4)n3)CCCC2)c1. The number of hydrogen-bond acceptors (Lipinski definition) is 5. The minimum atomic E-state index is -0.420. The number of benzene rings is 1. The van der Waals surface area contributed by atoms with E-state index in [2.05, 4.69) is 37.4 Å². The molecule has 1 saturated carbocycles. The normalized spacial score (nSPS) is 20.0. The van der Waals surface area contributed by atoms with Crippen LogP contribution in [0.4, 0.5) is 5.82 Å². The van der Waals surface area contributed by atoms with E-state index < -0.39 is 5.41 Å². The van der Waals surface area contributed by atoms with E-state index in [1.165, 1.54) is 29.5 Å². The second-order valence-electron chi connectivity index (χ2n) is 10.3. The zero-order chi connectivity index (χ0) is 23.6. The fraction of sp³-hybridized carbons (Fsp3) is 0.593. The van der Waals surface area contributed by atoms with Crippen LogP contribution in [-0.2, 0) is 16.8 Å². The Hall–Kier alpha value is -2.47. The van der Waals surface area contributed by atoms with Crippen molar-refractivity contribution in [1.29, 1.82) is 0 Å². The molecule has 6 nitrogen and oxygen atoms in total. The average Bonchev–Trinajstić information content (AvgIpc) is 3.29. The number of anilines is 1. The van der Waals surface area contributed by atoms with Crippen LogP contribution < -0.4 is 10.2 Å². The smallest absolute Gasteiger partial charge is 0.233 e. The number of rotatable bonds is 6. The Morgan fingerprint density at radius 1 is 1.00 bits per heavy atom. The molecular formula is C27H39N5O. The van der Waals surface area contributed by atoms with Crippen molar-refractivity contribution in [2.75, 3.05) is 32.6 Å². The van der Waals surface area contributed by atoms with E-state index in [1.807, 2.05) is 37.0 Å². The summed E-state index contributed by atoms with van der Waals surface area (Å²) in [4.78, 5) is 27.6. The third-order valence-corrected chi connectivity index (χ3v) is 7.25. The molecule has 6 heteroatoms. The predicted octanol–water partition coefficient (Wildman–Crippen LogP) is 4.44. The number of amides is 1. The molecule has 2 aromatic rings. The summed E-state index contributed by atoms with van der Waals surface area (Å²) in [5, 5.41) is 3.56. The van der Waals surface area contributed by atoms with Crippen molar-refractivity contribution in [2.45, 2.75) is 76.8 Å². The summed E-state index contributed by atoms with van der Waals surface area (Å²) < 4.78 is 0. The lowest BCUT2D eigenvalue weighted by Gasteiger charge is -2.33. The number of nitrogens with zero attached hydrogens (tertiary/aromatic N) is 4. The molecule has 1 aliphatic heterocycles. The zero-order valence-electron chi connectivity index (χ0n) is 20.9. The summed E-state index contributed by atoms with van der Waals surface area (Å²) >= 11 is 0. The van der Waals surface area contributed by atoms with E-state index in [0.717, 1.165) is 56.0 Å². The second-order valence-corrected chi connectivity index (χ2v) is 10.3. The molecule has 1 N–H and O–H groups in total. The van der Waals surface area contributed by atoms with Gasteiger partial charge in [-0.3, -0.25) is 4.79 Å². The summed E-state index contributed by atoms with van der Waals surface area (Å²) in [6, 6.07) is 8.83. The van der Waals surface area contributed by atoms with E-state index in [-0.39, 0.29) is 11.9 Å². The molecule has 2 fully saturated rings. The number of piperidine rings is 1. The monoisotopic (exact) mass is 449 g/mol. The molecule has 0 spiro atoms. The maximum absolute atomic E-state index is 14.0. The van der Waals surface area contributed by atoms with Crippen LogP contribution in [0.25, 0.3) is 0 Å². The highest BCUT2D eigenvalue weighted by Gasteiger charge is 2.44. The minimum Gasteiger partial charge on any atom is -0.363 e. The molecule has 2 heterocycles. The molecule has 0 radical (unpaired) electrons. The molecule has 1 aromatic carbocycles. The van der Waals surface area contributed by atoms with Gasteiger partial charge < -0.3 is 15.1 Å². The molecule has 33 heavy (non-hydrogen) atoms. The first-order valence-electron chi connectivity index (χ1n) is 12.4. The molecule has 1 aliphatic carbocycles. The third kappa shape index (κ3) is 5.06. The van der Waals surface area contributed by atoms with Gasteiger partial charge in [0, 0.05) is 27.2 Å². The van der Waals surface area contributed by atoms with Crippen LogP contribution in [0.1, 0.15) is 79.2 Å². The van der Waals surface area contributed by atoms with Crippen LogP contribution >= 0.6 is 0 Å². The van der Waals surface area contributed by atoms with Crippen molar-refractivity contribution in [1.82, 2.24) is 20.2 Å². The maximum atomic E-state index is 14.0. The van der Waals surface area contributed by atoms with Crippen LogP contribution in [0.3, 0.4) is 0 Å².